The van der Waals surface area contributed by atoms with Crippen molar-refractivity contribution in [2.24, 2.45) is 11.1 Å². The molecular formula is C11H12BrNO. The van der Waals surface area contributed by atoms with E-state index in [2.05, 4.69) is 22.0 Å². The van der Waals surface area contributed by atoms with Crippen molar-refractivity contribution in [2.45, 2.75) is 18.9 Å². The maximum atomic E-state index is 6.25. The van der Waals surface area contributed by atoms with Crippen LogP contribution in [0.4, 0.5) is 0 Å². The van der Waals surface area contributed by atoms with Gasteiger partial charge in [0.15, 0.2) is 0 Å². The fourth-order valence-corrected chi connectivity index (χ4v) is 2.53. The van der Waals surface area contributed by atoms with Gasteiger partial charge in [-0.2, -0.15) is 0 Å². The van der Waals surface area contributed by atoms with Gasteiger partial charge in [-0.25, -0.2) is 0 Å². The molecule has 3 heteroatoms. The Balaban J connectivity index is 2.09. The number of nitrogens with two attached hydrogens (primary N) is 1. The largest absolute Gasteiger partial charge is 0.493 e. The highest BCUT2D eigenvalue weighted by atomic mass is 79.9. The fraction of sp³-hybridized carbons (Fsp3) is 0.455. The number of hydrogen-bond donors (Lipinski definition) is 1. The summed E-state index contributed by atoms with van der Waals surface area (Å²) in [6, 6.07) is 6.23. The molecule has 1 fully saturated rings. The summed E-state index contributed by atoms with van der Waals surface area (Å²) in [4.78, 5) is 0. The van der Waals surface area contributed by atoms with Crippen molar-refractivity contribution < 1.29 is 4.74 Å². The minimum absolute atomic E-state index is 0.156. The van der Waals surface area contributed by atoms with E-state index in [1.54, 1.807) is 0 Å². The standard InChI is InChI=1S/C11H12BrNO/c12-7-1-2-9-8(5-7)10(13)11(3-4-11)6-14-9/h1-2,5,10H,3-4,6,13H2. The molecule has 0 bridgehead atoms. The summed E-state index contributed by atoms with van der Waals surface area (Å²) >= 11 is 3.46. The second-order valence-electron chi connectivity index (χ2n) is 4.31. The van der Waals surface area contributed by atoms with E-state index in [1.807, 2.05) is 12.1 Å². The lowest BCUT2D eigenvalue weighted by molar-refractivity contribution is 0.177. The highest BCUT2D eigenvalue weighted by Crippen LogP contribution is 2.57. The summed E-state index contributed by atoms with van der Waals surface area (Å²) in [6.45, 7) is 0.794. The summed E-state index contributed by atoms with van der Waals surface area (Å²) in [5.74, 6) is 0.957. The van der Waals surface area contributed by atoms with Gasteiger partial charge in [0, 0.05) is 21.5 Å². The average Bonchev–Trinajstić information content (AvgIpc) is 2.94. The molecule has 0 radical (unpaired) electrons. The second-order valence-corrected chi connectivity index (χ2v) is 5.23. The van der Waals surface area contributed by atoms with E-state index in [0.29, 0.717) is 0 Å². The van der Waals surface area contributed by atoms with E-state index in [-0.39, 0.29) is 11.5 Å². The van der Waals surface area contributed by atoms with Crippen LogP contribution in [-0.2, 0) is 0 Å². The number of fused-ring (bicyclic) bond motifs is 1. The molecule has 1 unspecified atom stereocenters. The Kier molecular flexibility index (Phi) is 1.71. The van der Waals surface area contributed by atoms with Crippen LogP contribution in [0.3, 0.4) is 0 Å². The van der Waals surface area contributed by atoms with Crippen LogP contribution in [0.1, 0.15) is 24.4 Å². The summed E-state index contributed by atoms with van der Waals surface area (Å²) < 4.78 is 6.80. The molecule has 2 aliphatic rings. The molecular weight excluding hydrogens is 242 g/mol. The normalized spacial score (nSPS) is 26.9. The van der Waals surface area contributed by atoms with Gasteiger partial charge in [0.2, 0.25) is 0 Å². The molecule has 1 atom stereocenters. The highest BCUT2D eigenvalue weighted by molar-refractivity contribution is 9.10. The predicted molar refractivity (Wildman–Crippen MR) is 58.2 cm³/mol. The Morgan fingerprint density at radius 1 is 1.43 bits per heavy atom. The van der Waals surface area contributed by atoms with Crippen LogP contribution >= 0.6 is 15.9 Å². The van der Waals surface area contributed by atoms with Gasteiger partial charge in [-0.15, -0.1) is 0 Å². The van der Waals surface area contributed by atoms with Crippen molar-refractivity contribution in [1.29, 1.82) is 0 Å². The molecule has 0 aromatic heterocycles. The third kappa shape index (κ3) is 1.12. The maximum Gasteiger partial charge on any atom is 0.124 e. The molecule has 1 aromatic rings. The Bertz CT molecular complexity index is 387. The number of halogens is 1. The molecule has 2 nitrogen and oxygen atoms in total. The van der Waals surface area contributed by atoms with Gasteiger partial charge in [-0.3, -0.25) is 0 Å². The van der Waals surface area contributed by atoms with E-state index in [0.717, 1.165) is 22.4 Å². The van der Waals surface area contributed by atoms with E-state index in [4.69, 9.17) is 10.5 Å². The minimum Gasteiger partial charge on any atom is -0.493 e. The summed E-state index contributed by atoms with van der Waals surface area (Å²) in [5, 5.41) is 0. The van der Waals surface area contributed by atoms with E-state index >= 15 is 0 Å². The Morgan fingerprint density at radius 2 is 2.21 bits per heavy atom. The highest BCUT2D eigenvalue weighted by Gasteiger charge is 2.52. The van der Waals surface area contributed by atoms with Gasteiger partial charge in [0.05, 0.1) is 6.61 Å². The molecule has 1 aliphatic heterocycles. The number of hydrogen-bond acceptors (Lipinski definition) is 2. The van der Waals surface area contributed by atoms with Crippen LogP contribution in [0, 0.1) is 5.41 Å². The van der Waals surface area contributed by atoms with Crippen LogP contribution in [0.2, 0.25) is 0 Å². The molecule has 2 N–H and O–H groups in total. The quantitative estimate of drug-likeness (QED) is 0.772. The molecule has 0 saturated heterocycles. The van der Waals surface area contributed by atoms with Gasteiger partial charge >= 0.3 is 0 Å². The molecule has 14 heavy (non-hydrogen) atoms. The molecule has 74 valence electrons. The molecule has 3 rings (SSSR count). The first-order valence-corrected chi connectivity index (χ1v) is 5.68. The van der Waals surface area contributed by atoms with Crippen LogP contribution in [0.5, 0.6) is 5.75 Å². The smallest absolute Gasteiger partial charge is 0.124 e. The summed E-state index contributed by atoms with van der Waals surface area (Å²) in [5.41, 5.74) is 7.67. The SMILES string of the molecule is NC1c2cc(Br)ccc2OCC12CC2. The van der Waals surface area contributed by atoms with Crippen LogP contribution in [0.25, 0.3) is 0 Å². The van der Waals surface area contributed by atoms with E-state index < -0.39 is 0 Å². The van der Waals surface area contributed by atoms with Crippen molar-refractivity contribution in [1.82, 2.24) is 0 Å². The topological polar surface area (TPSA) is 35.2 Å². The minimum atomic E-state index is 0.156. The number of rotatable bonds is 0. The zero-order valence-electron chi connectivity index (χ0n) is 7.79. The van der Waals surface area contributed by atoms with Gasteiger partial charge in [0.25, 0.3) is 0 Å². The Hall–Kier alpha value is -0.540. The van der Waals surface area contributed by atoms with Crippen LogP contribution < -0.4 is 10.5 Å². The number of ether oxygens (including phenoxy) is 1. The molecule has 1 heterocycles. The summed E-state index contributed by atoms with van der Waals surface area (Å²) in [6.07, 6.45) is 2.42. The fourth-order valence-electron chi connectivity index (χ4n) is 2.15. The molecule has 1 saturated carbocycles. The van der Waals surface area contributed by atoms with Crippen molar-refractivity contribution in [3.63, 3.8) is 0 Å². The third-order valence-electron chi connectivity index (χ3n) is 3.37. The predicted octanol–water partition coefficient (Wildman–Crippen LogP) is 2.62. The second kappa shape index (κ2) is 2.74. The lowest BCUT2D eigenvalue weighted by Crippen LogP contribution is -2.32. The number of benzene rings is 1. The molecule has 0 amide bonds. The van der Waals surface area contributed by atoms with E-state index in [1.165, 1.54) is 12.8 Å². The molecule has 1 spiro atoms. The van der Waals surface area contributed by atoms with Crippen LogP contribution in [0.15, 0.2) is 22.7 Å². The van der Waals surface area contributed by atoms with Gasteiger partial charge < -0.3 is 10.5 Å². The zero-order chi connectivity index (χ0) is 9.76. The van der Waals surface area contributed by atoms with E-state index in [9.17, 15) is 0 Å². The van der Waals surface area contributed by atoms with Crippen LogP contribution in [-0.4, -0.2) is 6.61 Å². The first kappa shape index (κ1) is 8.74. The Labute approximate surface area is 91.6 Å². The summed E-state index contributed by atoms with van der Waals surface area (Å²) in [7, 11) is 0. The first-order chi connectivity index (χ1) is 6.71. The Morgan fingerprint density at radius 3 is 2.93 bits per heavy atom. The molecule has 1 aromatic carbocycles. The van der Waals surface area contributed by atoms with Gasteiger partial charge in [-0.05, 0) is 31.0 Å². The van der Waals surface area contributed by atoms with Crippen molar-refractivity contribution >= 4 is 15.9 Å². The maximum absolute atomic E-state index is 6.25. The molecule has 1 aliphatic carbocycles. The average molecular weight is 254 g/mol. The zero-order valence-corrected chi connectivity index (χ0v) is 9.38. The van der Waals surface area contributed by atoms with Crippen molar-refractivity contribution in [3.8, 4) is 5.75 Å². The first-order valence-electron chi connectivity index (χ1n) is 4.89. The third-order valence-corrected chi connectivity index (χ3v) is 3.87. The lowest BCUT2D eigenvalue weighted by Gasteiger charge is -2.31. The van der Waals surface area contributed by atoms with Gasteiger partial charge in [0.1, 0.15) is 5.75 Å². The van der Waals surface area contributed by atoms with Crippen molar-refractivity contribution in [3.05, 3.63) is 28.2 Å². The lowest BCUT2D eigenvalue weighted by atomic mass is 9.89. The van der Waals surface area contributed by atoms with Crippen molar-refractivity contribution in [2.75, 3.05) is 6.61 Å². The van der Waals surface area contributed by atoms with Gasteiger partial charge in [-0.1, -0.05) is 15.9 Å². The monoisotopic (exact) mass is 253 g/mol.